The summed E-state index contributed by atoms with van der Waals surface area (Å²) in [5, 5.41) is 0. The maximum atomic E-state index is 1.58. The van der Waals surface area contributed by atoms with Crippen LogP contribution in [0.1, 0.15) is 19.3 Å². The van der Waals surface area contributed by atoms with Gasteiger partial charge in [0.1, 0.15) is 0 Å². The van der Waals surface area contributed by atoms with Crippen LogP contribution in [0, 0.1) is 59.2 Å². The first-order valence-electron chi connectivity index (χ1n) is 6.45. The van der Waals surface area contributed by atoms with Gasteiger partial charge < -0.3 is 0 Å². The Balaban J connectivity index is 0.0000000810. The first kappa shape index (κ1) is 5.78. The molecule has 0 aromatic heterocycles. The van der Waals surface area contributed by atoms with Crippen LogP contribution in [0.3, 0.4) is 0 Å². The van der Waals surface area contributed by atoms with Crippen LogP contribution < -0.4 is 0 Å². The fourth-order valence-electron chi connectivity index (χ4n) is 6.49. The molecule has 0 amide bonds. The zero-order valence-corrected chi connectivity index (χ0v) is 7.89. The van der Waals surface area contributed by atoms with Crippen molar-refractivity contribution >= 4 is 0 Å². The normalized spacial score (nSPS) is 88.6. The van der Waals surface area contributed by atoms with Crippen LogP contribution in [0.4, 0.5) is 0 Å². The van der Waals surface area contributed by atoms with Crippen LogP contribution in [0.15, 0.2) is 0 Å². The molecular formula is C13H16. The predicted octanol–water partition coefficient (Wildman–Crippen LogP) is 2.40. The van der Waals surface area contributed by atoms with Gasteiger partial charge in [0.05, 0.1) is 0 Å². The van der Waals surface area contributed by atoms with Crippen LogP contribution in [0.5, 0.6) is 0 Å². The van der Waals surface area contributed by atoms with Crippen molar-refractivity contribution in [2.75, 3.05) is 0 Å². The molecule has 0 radical (unpaired) electrons. The van der Waals surface area contributed by atoms with E-state index in [0.717, 1.165) is 0 Å². The lowest BCUT2D eigenvalue weighted by molar-refractivity contribution is -0.565. The SMILES string of the molecule is C12C3C4C1C1C2C3C41.C1C2CC1C2. The van der Waals surface area contributed by atoms with Gasteiger partial charge in [0.15, 0.2) is 0 Å². The maximum Gasteiger partial charge on any atom is -0.0312 e. The summed E-state index contributed by atoms with van der Waals surface area (Å²) in [4.78, 5) is 0. The molecule has 0 unspecified atom stereocenters. The quantitative estimate of drug-likeness (QED) is 0.526. The van der Waals surface area contributed by atoms with Gasteiger partial charge in [0.2, 0.25) is 0 Å². The predicted molar refractivity (Wildman–Crippen MR) is 48.8 cm³/mol. The van der Waals surface area contributed by atoms with Crippen molar-refractivity contribution in [3.63, 3.8) is 0 Å². The van der Waals surface area contributed by atoms with E-state index in [1.807, 2.05) is 0 Å². The largest absolute Gasteiger partial charge is 0.0475 e. The highest BCUT2D eigenvalue weighted by atomic mass is 15.0. The van der Waals surface area contributed by atoms with Crippen LogP contribution in [-0.2, 0) is 0 Å². The fraction of sp³-hybridized carbons (Fsp3) is 1.00. The van der Waals surface area contributed by atoms with E-state index in [4.69, 9.17) is 0 Å². The molecule has 13 heavy (non-hydrogen) atoms. The second kappa shape index (κ2) is 1.33. The molecule has 0 spiro atoms. The van der Waals surface area contributed by atoms with E-state index < -0.39 is 0 Å². The van der Waals surface area contributed by atoms with E-state index in [1.54, 1.807) is 19.3 Å². The average Bonchev–Trinajstić information content (AvgIpc) is 2.00. The standard InChI is InChI=1S/C8H8.C5H8/c1-2-5-3(1)7-4(1)6(2)8(5)7;1-4-2-5(1)3-4/h1-8H;4-5H,1-3H2. The zero-order chi connectivity index (χ0) is 7.89. The van der Waals surface area contributed by atoms with Gasteiger partial charge in [-0.25, -0.2) is 0 Å². The Labute approximate surface area is 79.1 Å². The van der Waals surface area contributed by atoms with E-state index in [-0.39, 0.29) is 0 Å². The lowest BCUT2D eigenvalue weighted by atomic mass is 9.01. The maximum absolute atomic E-state index is 1.58. The van der Waals surface area contributed by atoms with Crippen molar-refractivity contribution in [3.05, 3.63) is 0 Å². The number of hydrogen-bond acceptors (Lipinski definition) is 0. The summed E-state index contributed by atoms with van der Waals surface area (Å²) in [5.74, 6) is 13.1. The van der Waals surface area contributed by atoms with Crippen molar-refractivity contribution in [1.82, 2.24) is 0 Å². The molecule has 0 N–H and O–H groups in total. The molecule has 9 saturated carbocycles. The summed E-state index contributed by atoms with van der Waals surface area (Å²) >= 11 is 0. The van der Waals surface area contributed by atoms with Crippen molar-refractivity contribution < 1.29 is 0 Å². The minimum atomic E-state index is 1.21. The van der Waals surface area contributed by atoms with Gasteiger partial charge in [-0.2, -0.15) is 0 Å². The lowest BCUT2D eigenvalue weighted by Gasteiger charge is -3.03. The summed E-state index contributed by atoms with van der Waals surface area (Å²) in [6.45, 7) is 0. The zero-order valence-electron chi connectivity index (χ0n) is 7.89. The Kier molecular flexibility index (Phi) is 0.593. The Bertz CT molecular complexity index is 203. The minimum absolute atomic E-state index is 1.21. The summed E-state index contributed by atoms with van der Waals surface area (Å²) in [6, 6.07) is 0. The topological polar surface area (TPSA) is 0 Å². The summed E-state index contributed by atoms with van der Waals surface area (Å²) in [6.07, 6.45) is 4.75. The van der Waals surface area contributed by atoms with Crippen LogP contribution in [0.25, 0.3) is 0 Å². The summed E-state index contributed by atoms with van der Waals surface area (Å²) in [7, 11) is 0. The minimum Gasteiger partial charge on any atom is -0.0475 e. The van der Waals surface area contributed by atoms with Gasteiger partial charge in [0.25, 0.3) is 0 Å². The molecule has 9 rings (SSSR count). The van der Waals surface area contributed by atoms with E-state index in [2.05, 4.69) is 0 Å². The van der Waals surface area contributed by atoms with Crippen molar-refractivity contribution in [3.8, 4) is 0 Å². The lowest BCUT2D eigenvalue weighted by Crippen LogP contribution is -3.00. The Morgan fingerprint density at radius 3 is 0.615 bits per heavy atom. The second-order valence-corrected chi connectivity index (χ2v) is 7.06. The smallest absolute Gasteiger partial charge is 0.0312 e. The van der Waals surface area contributed by atoms with Crippen molar-refractivity contribution in [2.24, 2.45) is 59.2 Å². The molecule has 68 valence electrons. The molecular weight excluding hydrogens is 156 g/mol. The van der Waals surface area contributed by atoms with Gasteiger partial charge in [-0.3, -0.25) is 0 Å². The van der Waals surface area contributed by atoms with Crippen LogP contribution >= 0.6 is 0 Å². The molecule has 0 aromatic carbocycles. The Morgan fingerprint density at radius 2 is 0.538 bits per heavy atom. The fourth-order valence-corrected chi connectivity index (χ4v) is 6.49. The molecule has 0 aromatic rings. The number of rotatable bonds is 0. The average molecular weight is 172 g/mol. The highest BCUT2D eigenvalue weighted by molar-refractivity contribution is 5.44. The van der Waals surface area contributed by atoms with Gasteiger partial charge >= 0.3 is 0 Å². The third-order valence-corrected chi connectivity index (χ3v) is 7.33. The van der Waals surface area contributed by atoms with Crippen LogP contribution in [0.2, 0.25) is 0 Å². The highest BCUT2D eigenvalue weighted by Gasteiger charge is 2.97. The molecule has 9 fully saturated rings. The van der Waals surface area contributed by atoms with Gasteiger partial charge in [-0.05, 0) is 78.4 Å². The monoisotopic (exact) mass is 172 g/mol. The van der Waals surface area contributed by atoms with E-state index in [0.29, 0.717) is 0 Å². The summed E-state index contributed by atoms with van der Waals surface area (Å²) < 4.78 is 0. The van der Waals surface area contributed by atoms with E-state index in [9.17, 15) is 0 Å². The first-order valence-corrected chi connectivity index (χ1v) is 6.45. The first-order chi connectivity index (χ1) is 6.45. The molecule has 9 aliphatic rings. The molecule has 0 nitrogen and oxygen atoms in total. The molecule has 2 bridgehead atoms. The second-order valence-electron chi connectivity index (χ2n) is 7.06. The van der Waals surface area contributed by atoms with Crippen LogP contribution in [-0.4, -0.2) is 0 Å². The third-order valence-electron chi connectivity index (χ3n) is 7.33. The third kappa shape index (κ3) is 0.333. The van der Waals surface area contributed by atoms with Gasteiger partial charge in [-0.15, -0.1) is 0 Å². The van der Waals surface area contributed by atoms with Crippen molar-refractivity contribution in [1.29, 1.82) is 0 Å². The summed E-state index contributed by atoms with van der Waals surface area (Å²) in [5.41, 5.74) is 0. The van der Waals surface area contributed by atoms with Gasteiger partial charge in [0, 0.05) is 0 Å². The molecule has 0 heteroatoms. The molecule has 0 heterocycles. The number of hydrogen-bond donors (Lipinski definition) is 0. The molecule has 0 aliphatic heterocycles. The Morgan fingerprint density at radius 1 is 0.385 bits per heavy atom. The van der Waals surface area contributed by atoms with E-state index >= 15 is 0 Å². The van der Waals surface area contributed by atoms with Gasteiger partial charge in [-0.1, -0.05) is 0 Å². The molecule has 0 saturated heterocycles. The molecule has 0 atom stereocenters. The van der Waals surface area contributed by atoms with E-state index in [1.165, 1.54) is 59.2 Å². The highest BCUT2D eigenvalue weighted by Crippen LogP contribution is 3.00. The Hall–Kier alpha value is 0. The molecule has 9 aliphatic carbocycles. The van der Waals surface area contributed by atoms with Crippen molar-refractivity contribution in [2.45, 2.75) is 19.3 Å².